The fourth-order valence-corrected chi connectivity index (χ4v) is 2.25. The summed E-state index contributed by atoms with van der Waals surface area (Å²) in [4.78, 5) is 11.1. The molecule has 2 aromatic rings. The average molecular weight is 309 g/mol. The third-order valence-corrected chi connectivity index (χ3v) is 3.33. The Balaban J connectivity index is 2.54. The van der Waals surface area contributed by atoms with Crippen LogP contribution in [0.25, 0.3) is 11.3 Å². The zero-order valence-corrected chi connectivity index (χ0v) is 11.8. The van der Waals surface area contributed by atoms with Crippen molar-refractivity contribution in [3.05, 3.63) is 34.4 Å². The van der Waals surface area contributed by atoms with Gasteiger partial charge in [0.15, 0.2) is 6.29 Å². The quantitative estimate of drug-likeness (QED) is 0.815. The van der Waals surface area contributed by atoms with Crippen molar-refractivity contribution in [3.8, 4) is 17.0 Å². The van der Waals surface area contributed by atoms with Gasteiger partial charge in [-0.25, -0.2) is 0 Å². The van der Waals surface area contributed by atoms with Crippen molar-refractivity contribution in [2.45, 2.75) is 13.5 Å². The number of benzene rings is 1. The summed E-state index contributed by atoms with van der Waals surface area (Å²) in [5.41, 5.74) is 2.15. The average Bonchev–Trinajstić information content (AvgIpc) is 2.81. The van der Waals surface area contributed by atoms with Crippen molar-refractivity contribution in [2.24, 2.45) is 0 Å². The SMILES string of the molecule is CCn1cc(C=O)c(-c2ccc(OC)cc2Br)n1. The summed E-state index contributed by atoms with van der Waals surface area (Å²) >= 11 is 3.47. The number of carbonyl (C=O) groups is 1. The molecular weight excluding hydrogens is 296 g/mol. The molecule has 0 saturated heterocycles. The second kappa shape index (κ2) is 5.35. The predicted octanol–water partition coefficient (Wildman–Crippen LogP) is 3.15. The number of aromatic nitrogens is 2. The van der Waals surface area contributed by atoms with Crippen LogP contribution in [0, 0.1) is 0 Å². The first-order valence-corrected chi connectivity index (χ1v) is 6.35. The topological polar surface area (TPSA) is 44.1 Å². The Kier molecular flexibility index (Phi) is 3.81. The Morgan fingerprint density at radius 2 is 2.28 bits per heavy atom. The molecule has 1 aromatic carbocycles. The molecule has 0 aliphatic rings. The van der Waals surface area contributed by atoms with Crippen LogP contribution in [0.3, 0.4) is 0 Å². The standard InChI is InChI=1S/C13H13BrN2O2/c1-3-16-7-9(8-17)13(15-16)11-5-4-10(18-2)6-12(11)14/h4-8H,3H2,1-2H3. The minimum atomic E-state index is 0.586. The minimum Gasteiger partial charge on any atom is -0.497 e. The predicted molar refractivity (Wildman–Crippen MR) is 73.0 cm³/mol. The summed E-state index contributed by atoms with van der Waals surface area (Å²) < 4.78 is 7.74. The van der Waals surface area contributed by atoms with Crippen LogP contribution in [0.15, 0.2) is 28.9 Å². The van der Waals surface area contributed by atoms with E-state index >= 15 is 0 Å². The van der Waals surface area contributed by atoms with Gasteiger partial charge in [-0.15, -0.1) is 0 Å². The van der Waals surface area contributed by atoms with Gasteiger partial charge in [-0.1, -0.05) is 0 Å². The second-order valence-electron chi connectivity index (χ2n) is 3.75. The van der Waals surface area contributed by atoms with Crippen LogP contribution >= 0.6 is 15.9 Å². The van der Waals surface area contributed by atoms with E-state index in [-0.39, 0.29) is 0 Å². The molecule has 0 saturated carbocycles. The van der Waals surface area contributed by atoms with Crippen molar-refractivity contribution in [1.29, 1.82) is 0 Å². The normalized spacial score (nSPS) is 10.4. The summed E-state index contributed by atoms with van der Waals surface area (Å²) in [7, 11) is 1.62. The fraction of sp³-hybridized carbons (Fsp3) is 0.231. The van der Waals surface area contributed by atoms with Gasteiger partial charge in [-0.3, -0.25) is 9.48 Å². The smallest absolute Gasteiger partial charge is 0.153 e. The highest BCUT2D eigenvalue weighted by Crippen LogP contribution is 2.32. The number of ether oxygens (including phenoxy) is 1. The maximum atomic E-state index is 11.1. The van der Waals surface area contributed by atoms with Crippen molar-refractivity contribution >= 4 is 22.2 Å². The molecule has 0 unspecified atom stereocenters. The Hall–Kier alpha value is -1.62. The van der Waals surface area contributed by atoms with Gasteiger partial charge in [0.1, 0.15) is 11.4 Å². The summed E-state index contributed by atoms with van der Waals surface area (Å²) in [5.74, 6) is 0.758. The molecule has 0 aliphatic heterocycles. The van der Waals surface area contributed by atoms with Gasteiger partial charge >= 0.3 is 0 Å². The van der Waals surface area contributed by atoms with Crippen LogP contribution in [0.5, 0.6) is 5.75 Å². The lowest BCUT2D eigenvalue weighted by molar-refractivity contribution is 0.112. The molecule has 0 amide bonds. The molecule has 0 bridgehead atoms. The van der Waals surface area contributed by atoms with Gasteiger partial charge in [-0.2, -0.15) is 5.10 Å². The van der Waals surface area contributed by atoms with E-state index in [2.05, 4.69) is 21.0 Å². The van der Waals surface area contributed by atoms with E-state index in [0.717, 1.165) is 28.6 Å². The molecule has 18 heavy (non-hydrogen) atoms. The monoisotopic (exact) mass is 308 g/mol. The number of carbonyl (C=O) groups excluding carboxylic acids is 1. The molecule has 94 valence electrons. The zero-order valence-electron chi connectivity index (χ0n) is 10.2. The molecular formula is C13H13BrN2O2. The highest BCUT2D eigenvalue weighted by molar-refractivity contribution is 9.10. The Morgan fingerprint density at radius 1 is 1.50 bits per heavy atom. The van der Waals surface area contributed by atoms with Gasteiger partial charge in [0.25, 0.3) is 0 Å². The largest absolute Gasteiger partial charge is 0.497 e. The molecule has 0 aliphatic carbocycles. The molecule has 0 spiro atoms. The lowest BCUT2D eigenvalue weighted by atomic mass is 10.1. The summed E-state index contributed by atoms with van der Waals surface area (Å²) in [6, 6.07) is 5.59. The first-order chi connectivity index (χ1) is 8.69. The third-order valence-electron chi connectivity index (χ3n) is 2.67. The highest BCUT2D eigenvalue weighted by atomic mass is 79.9. The van der Waals surface area contributed by atoms with Crippen LogP contribution < -0.4 is 4.74 Å². The van der Waals surface area contributed by atoms with Crippen molar-refractivity contribution in [2.75, 3.05) is 7.11 Å². The molecule has 1 aromatic heterocycles. The van der Waals surface area contributed by atoms with Crippen LogP contribution in [-0.2, 0) is 6.54 Å². The van der Waals surface area contributed by atoms with Crippen LogP contribution in [0.4, 0.5) is 0 Å². The first-order valence-electron chi connectivity index (χ1n) is 5.56. The first kappa shape index (κ1) is 12.8. The van der Waals surface area contributed by atoms with Gasteiger partial charge < -0.3 is 4.74 Å². The number of halogens is 1. The zero-order chi connectivity index (χ0) is 13.1. The number of aryl methyl sites for hydroxylation is 1. The number of nitrogens with zero attached hydrogens (tertiary/aromatic N) is 2. The van der Waals surface area contributed by atoms with E-state index in [0.29, 0.717) is 11.3 Å². The lowest BCUT2D eigenvalue weighted by Gasteiger charge is -2.05. The van der Waals surface area contributed by atoms with Crippen molar-refractivity contribution in [1.82, 2.24) is 9.78 Å². The Labute approximate surface area is 114 Å². The minimum absolute atomic E-state index is 0.586. The van der Waals surface area contributed by atoms with Crippen molar-refractivity contribution in [3.63, 3.8) is 0 Å². The van der Waals surface area contributed by atoms with E-state index in [1.54, 1.807) is 18.0 Å². The van der Waals surface area contributed by atoms with E-state index in [9.17, 15) is 4.79 Å². The number of aldehydes is 1. The summed E-state index contributed by atoms with van der Waals surface area (Å²) in [6.45, 7) is 2.71. The fourth-order valence-electron chi connectivity index (χ4n) is 1.71. The molecule has 0 fully saturated rings. The van der Waals surface area contributed by atoms with Gasteiger partial charge in [0.2, 0.25) is 0 Å². The van der Waals surface area contributed by atoms with Gasteiger partial charge in [0, 0.05) is 22.8 Å². The Morgan fingerprint density at radius 3 is 2.83 bits per heavy atom. The maximum absolute atomic E-state index is 11.1. The highest BCUT2D eigenvalue weighted by Gasteiger charge is 2.13. The van der Waals surface area contributed by atoms with E-state index < -0.39 is 0 Å². The molecule has 4 nitrogen and oxygen atoms in total. The van der Waals surface area contributed by atoms with E-state index in [1.807, 2.05) is 25.1 Å². The maximum Gasteiger partial charge on any atom is 0.153 e. The van der Waals surface area contributed by atoms with Gasteiger partial charge in [0.05, 0.1) is 12.7 Å². The molecule has 0 atom stereocenters. The van der Waals surface area contributed by atoms with Crippen LogP contribution in [0.2, 0.25) is 0 Å². The van der Waals surface area contributed by atoms with E-state index in [1.165, 1.54) is 0 Å². The van der Waals surface area contributed by atoms with Crippen LogP contribution in [-0.4, -0.2) is 23.2 Å². The number of rotatable bonds is 4. The number of hydrogen-bond acceptors (Lipinski definition) is 3. The Bertz CT molecular complexity index is 578. The third kappa shape index (κ3) is 2.31. The van der Waals surface area contributed by atoms with E-state index in [4.69, 9.17) is 4.74 Å². The molecule has 0 radical (unpaired) electrons. The summed E-state index contributed by atoms with van der Waals surface area (Å²) in [5, 5.41) is 4.40. The number of methoxy groups -OCH3 is 1. The van der Waals surface area contributed by atoms with Gasteiger partial charge in [-0.05, 0) is 41.1 Å². The molecule has 5 heteroatoms. The number of hydrogen-bond donors (Lipinski definition) is 0. The molecule has 2 rings (SSSR count). The summed E-state index contributed by atoms with van der Waals surface area (Å²) in [6.07, 6.45) is 2.57. The van der Waals surface area contributed by atoms with Crippen LogP contribution in [0.1, 0.15) is 17.3 Å². The molecule has 0 N–H and O–H groups in total. The molecule has 1 heterocycles. The lowest BCUT2D eigenvalue weighted by Crippen LogP contribution is -1.94. The second-order valence-corrected chi connectivity index (χ2v) is 4.61. The van der Waals surface area contributed by atoms with Crippen molar-refractivity contribution < 1.29 is 9.53 Å².